The zero-order valence-electron chi connectivity index (χ0n) is 12.4. The van der Waals surface area contributed by atoms with Gasteiger partial charge < -0.3 is 14.6 Å². The number of ether oxygens (including phenoxy) is 2. The molecule has 0 aromatic heterocycles. The van der Waals surface area contributed by atoms with E-state index in [9.17, 15) is 0 Å². The zero-order chi connectivity index (χ0) is 14.7. The van der Waals surface area contributed by atoms with E-state index in [1.165, 1.54) is 0 Å². The molecule has 0 rings (SSSR count). The Morgan fingerprint density at radius 2 is 2.00 bits per heavy atom. The van der Waals surface area contributed by atoms with Crippen LogP contribution in [0.3, 0.4) is 0 Å². The molecule has 1 N–H and O–H groups in total. The van der Waals surface area contributed by atoms with Crippen molar-refractivity contribution in [2.75, 3.05) is 27.4 Å². The van der Waals surface area contributed by atoms with E-state index in [1.54, 1.807) is 14.2 Å². The molecule has 0 aliphatic carbocycles. The molecule has 19 heavy (non-hydrogen) atoms. The maximum atomic E-state index is 8.96. The van der Waals surface area contributed by atoms with Crippen LogP contribution in [0.25, 0.3) is 0 Å². The van der Waals surface area contributed by atoms with Crippen molar-refractivity contribution in [3.05, 3.63) is 12.7 Å². The van der Waals surface area contributed by atoms with Gasteiger partial charge in [0, 0.05) is 13.0 Å². The van der Waals surface area contributed by atoms with Crippen LogP contribution in [-0.4, -0.2) is 50.3 Å². The first-order chi connectivity index (χ1) is 9.10. The third kappa shape index (κ3) is 6.96. The Morgan fingerprint density at radius 3 is 2.42 bits per heavy atom. The minimum atomic E-state index is -0.198. The first kappa shape index (κ1) is 17.6. The van der Waals surface area contributed by atoms with E-state index in [4.69, 9.17) is 14.6 Å². The normalized spacial score (nSPS) is 14.4. The lowest BCUT2D eigenvalue weighted by Gasteiger charge is -2.19. The summed E-state index contributed by atoms with van der Waals surface area (Å²) in [6.07, 6.45) is 3.01. The zero-order valence-corrected chi connectivity index (χ0v) is 12.4. The maximum absolute atomic E-state index is 8.96. The van der Waals surface area contributed by atoms with Crippen LogP contribution < -0.4 is 0 Å². The first-order valence-corrected chi connectivity index (χ1v) is 6.51. The van der Waals surface area contributed by atoms with Crippen molar-refractivity contribution in [1.82, 2.24) is 0 Å². The van der Waals surface area contributed by atoms with Crippen LogP contribution in [0.2, 0.25) is 0 Å². The van der Waals surface area contributed by atoms with Gasteiger partial charge in [-0.05, 0) is 12.3 Å². The largest absolute Gasteiger partial charge is 0.484 e. The lowest BCUT2D eigenvalue weighted by molar-refractivity contribution is 0.287. The van der Waals surface area contributed by atoms with Gasteiger partial charge in [0.15, 0.2) is 5.90 Å². The fourth-order valence-corrected chi connectivity index (χ4v) is 1.50. The van der Waals surface area contributed by atoms with E-state index in [2.05, 4.69) is 16.6 Å². The smallest absolute Gasteiger partial charge is 0.208 e. The SMILES string of the molecule is C=CCCN=C(OC)C(N=C(CCO)OC)C(C)C. The molecule has 0 heterocycles. The quantitative estimate of drug-likeness (QED) is 0.318. The summed E-state index contributed by atoms with van der Waals surface area (Å²) in [6.45, 7) is 8.39. The monoisotopic (exact) mass is 270 g/mol. The van der Waals surface area contributed by atoms with E-state index in [0.717, 1.165) is 6.42 Å². The molecule has 5 heteroatoms. The topological polar surface area (TPSA) is 63.4 Å². The molecular weight excluding hydrogens is 244 g/mol. The molecule has 0 fully saturated rings. The van der Waals surface area contributed by atoms with E-state index in [0.29, 0.717) is 24.8 Å². The van der Waals surface area contributed by atoms with Crippen molar-refractivity contribution >= 4 is 11.8 Å². The van der Waals surface area contributed by atoms with Crippen LogP contribution in [0, 0.1) is 5.92 Å². The van der Waals surface area contributed by atoms with Gasteiger partial charge in [0.2, 0.25) is 5.90 Å². The van der Waals surface area contributed by atoms with Crippen LogP contribution in [0.15, 0.2) is 22.6 Å². The Labute approximate surface area is 116 Å². The van der Waals surface area contributed by atoms with Crippen LogP contribution >= 0.6 is 0 Å². The van der Waals surface area contributed by atoms with E-state index in [-0.39, 0.29) is 18.6 Å². The average molecular weight is 270 g/mol. The number of rotatable bonds is 8. The number of methoxy groups -OCH3 is 2. The highest BCUT2D eigenvalue weighted by molar-refractivity contribution is 5.86. The van der Waals surface area contributed by atoms with Gasteiger partial charge in [-0.1, -0.05) is 19.9 Å². The number of hydrogen-bond acceptors (Lipinski definition) is 5. The summed E-state index contributed by atoms with van der Waals surface area (Å²) in [5.74, 6) is 1.32. The van der Waals surface area contributed by atoms with Crippen molar-refractivity contribution in [2.45, 2.75) is 32.7 Å². The molecule has 1 atom stereocenters. The molecule has 0 bridgehead atoms. The first-order valence-electron chi connectivity index (χ1n) is 6.51. The van der Waals surface area contributed by atoms with Crippen molar-refractivity contribution < 1.29 is 14.6 Å². The molecule has 0 saturated heterocycles. The van der Waals surface area contributed by atoms with Crippen LogP contribution in [0.4, 0.5) is 0 Å². The van der Waals surface area contributed by atoms with Crippen LogP contribution in [-0.2, 0) is 9.47 Å². The summed E-state index contributed by atoms with van der Waals surface area (Å²) in [6, 6.07) is -0.198. The van der Waals surface area contributed by atoms with Gasteiger partial charge in [-0.25, -0.2) is 4.99 Å². The van der Waals surface area contributed by atoms with Gasteiger partial charge in [0.25, 0.3) is 0 Å². The molecule has 0 aromatic carbocycles. The Hall–Kier alpha value is -1.36. The number of aliphatic hydroxyl groups is 1. The van der Waals surface area contributed by atoms with Gasteiger partial charge in [0.05, 0.1) is 20.8 Å². The maximum Gasteiger partial charge on any atom is 0.208 e. The molecule has 5 nitrogen and oxygen atoms in total. The second-order valence-corrected chi connectivity index (χ2v) is 4.39. The predicted molar refractivity (Wildman–Crippen MR) is 78.9 cm³/mol. The minimum Gasteiger partial charge on any atom is -0.484 e. The molecule has 110 valence electrons. The standard InChI is InChI=1S/C14H26N2O3/c1-6-7-9-15-14(19-5)13(11(2)3)16-12(18-4)8-10-17/h6,11,13,17H,1,7-10H2,2-5H3. The molecule has 0 aromatic rings. The van der Waals surface area contributed by atoms with Gasteiger partial charge in [-0.15, -0.1) is 6.58 Å². The summed E-state index contributed by atoms with van der Waals surface area (Å²) >= 11 is 0. The van der Waals surface area contributed by atoms with E-state index < -0.39 is 0 Å². The Bertz CT molecular complexity index is 312. The molecule has 0 amide bonds. The summed E-state index contributed by atoms with van der Waals surface area (Å²) < 4.78 is 10.5. The highest BCUT2D eigenvalue weighted by atomic mass is 16.5. The summed E-state index contributed by atoms with van der Waals surface area (Å²) in [5, 5.41) is 8.96. The summed E-state index contributed by atoms with van der Waals surface area (Å²) in [5.41, 5.74) is 0. The van der Waals surface area contributed by atoms with Gasteiger partial charge in [-0.2, -0.15) is 0 Å². The van der Waals surface area contributed by atoms with E-state index in [1.807, 2.05) is 19.9 Å². The van der Waals surface area contributed by atoms with Crippen molar-refractivity contribution in [2.24, 2.45) is 15.9 Å². The number of hydrogen-bond donors (Lipinski definition) is 1. The summed E-state index contributed by atoms with van der Waals surface area (Å²) in [4.78, 5) is 8.89. The van der Waals surface area contributed by atoms with Crippen molar-refractivity contribution in [3.8, 4) is 0 Å². The fraction of sp³-hybridized carbons (Fsp3) is 0.714. The molecule has 0 aliphatic rings. The second kappa shape index (κ2) is 10.6. The third-order valence-electron chi connectivity index (χ3n) is 2.54. The van der Waals surface area contributed by atoms with Gasteiger partial charge in [-0.3, -0.25) is 4.99 Å². The molecular formula is C14H26N2O3. The van der Waals surface area contributed by atoms with Gasteiger partial charge >= 0.3 is 0 Å². The number of aliphatic hydroxyl groups excluding tert-OH is 1. The minimum absolute atomic E-state index is 0.00735. The number of aliphatic imine (C=N–C) groups is 2. The highest BCUT2D eigenvalue weighted by Gasteiger charge is 2.21. The Kier molecular flexibility index (Phi) is 9.80. The van der Waals surface area contributed by atoms with Gasteiger partial charge in [0.1, 0.15) is 6.04 Å². The van der Waals surface area contributed by atoms with Crippen LogP contribution in [0.1, 0.15) is 26.7 Å². The fourth-order valence-electron chi connectivity index (χ4n) is 1.50. The highest BCUT2D eigenvalue weighted by Crippen LogP contribution is 2.11. The number of nitrogens with zero attached hydrogens (tertiary/aromatic N) is 2. The molecule has 0 aliphatic heterocycles. The Balaban J connectivity index is 5.04. The molecule has 0 spiro atoms. The van der Waals surface area contributed by atoms with Crippen molar-refractivity contribution in [3.63, 3.8) is 0 Å². The average Bonchev–Trinajstić information content (AvgIpc) is 2.40. The third-order valence-corrected chi connectivity index (χ3v) is 2.54. The lowest BCUT2D eigenvalue weighted by atomic mass is 10.0. The van der Waals surface area contributed by atoms with Crippen LogP contribution in [0.5, 0.6) is 0 Å². The lowest BCUT2D eigenvalue weighted by Crippen LogP contribution is -2.28. The molecule has 0 saturated carbocycles. The van der Waals surface area contributed by atoms with E-state index >= 15 is 0 Å². The molecule has 1 unspecified atom stereocenters. The Morgan fingerprint density at radius 1 is 1.32 bits per heavy atom. The second-order valence-electron chi connectivity index (χ2n) is 4.39. The molecule has 0 radical (unpaired) electrons. The van der Waals surface area contributed by atoms with Crippen molar-refractivity contribution in [1.29, 1.82) is 0 Å². The summed E-state index contributed by atoms with van der Waals surface area (Å²) in [7, 11) is 3.14. The predicted octanol–water partition coefficient (Wildman–Crippen LogP) is 2.06.